The van der Waals surface area contributed by atoms with E-state index in [-0.39, 0.29) is 24.0 Å². The molecule has 0 saturated carbocycles. The van der Waals surface area contributed by atoms with Gasteiger partial charge in [0.15, 0.2) is 0 Å². The SMILES string of the molecule is CC(C)CC1C(=O)NC(C)C(=O)N1CC1CCCO1. The molecule has 19 heavy (non-hydrogen) atoms. The minimum absolute atomic E-state index is 0.0146. The highest BCUT2D eigenvalue weighted by molar-refractivity contribution is 5.96. The van der Waals surface area contributed by atoms with Crippen molar-refractivity contribution in [1.82, 2.24) is 10.2 Å². The van der Waals surface area contributed by atoms with Crippen LogP contribution in [-0.2, 0) is 14.3 Å². The van der Waals surface area contributed by atoms with Crippen LogP contribution < -0.4 is 5.32 Å². The van der Waals surface area contributed by atoms with Gasteiger partial charge in [-0.25, -0.2) is 0 Å². The molecule has 0 spiro atoms. The van der Waals surface area contributed by atoms with Gasteiger partial charge in [0, 0.05) is 13.2 Å². The lowest BCUT2D eigenvalue weighted by atomic mass is 9.97. The van der Waals surface area contributed by atoms with E-state index in [4.69, 9.17) is 4.74 Å². The molecule has 0 aromatic heterocycles. The van der Waals surface area contributed by atoms with Gasteiger partial charge >= 0.3 is 0 Å². The lowest BCUT2D eigenvalue weighted by Gasteiger charge is -2.39. The summed E-state index contributed by atoms with van der Waals surface area (Å²) in [4.78, 5) is 26.2. The van der Waals surface area contributed by atoms with Gasteiger partial charge in [-0.3, -0.25) is 9.59 Å². The molecule has 2 heterocycles. The smallest absolute Gasteiger partial charge is 0.245 e. The molecule has 2 fully saturated rings. The van der Waals surface area contributed by atoms with Crippen LogP contribution in [0.3, 0.4) is 0 Å². The third-order valence-corrected chi connectivity index (χ3v) is 3.81. The Balaban J connectivity index is 2.10. The van der Waals surface area contributed by atoms with E-state index in [2.05, 4.69) is 19.2 Å². The first-order chi connectivity index (χ1) is 8.99. The number of amides is 2. The highest BCUT2D eigenvalue weighted by atomic mass is 16.5. The van der Waals surface area contributed by atoms with Gasteiger partial charge in [-0.05, 0) is 32.1 Å². The second-order valence-corrected chi connectivity index (χ2v) is 6.00. The summed E-state index contributed by atoms with van der Waals surface area (Å²) in [6.45, 7) is 7.20. The van der Waals surface area contributed by atoms with Crippen LogP contribution in [0.25, 0.3) is 0 Å². The fourth-order valence-electron chi connectivity index (χ4n) is 2.82. The van der Waals surface area contributed by atoms with Gasteiger partial charge in [0.1, 0.15) is 12.1 Å². The molecule has 5 heteroatoms. The van der Waals surface area contributed by atoms with E-state index >= 15 is 0 Å². The zero-order valence-electron chi connectivity index (χ0n) is 12.0. The molecule has 2 aliphatic heterocycles. The zero-order chi connectivity index (χ0) is 14.0. The summed E-state index contributed by atoms with van der Waals surface area (Å²) in [5.41, 5.74) is 0. The van der Waals surface area contributed by atoms with Crippen LogP contribution in [0.1, 0.15) is 40.0 Å². The summed E-state index contributed by atoms with van der Waals surface area (Å²) < 4.78 is 5.60. The third-order valence-electron chi connectivity index (χ3n) is 3.81. The molecular weight excluding hydrogens is 244 g/mol. The maximum Gasteiger partial charge on any atom is 0.245 e. The topological polar surface area (TPSA) is 58.6 Å². The van der Waals surface area contributed by atoms with E-state index in [1.165, 1.54) is 0 Å². The van der Waals surface area contributed by atoms with Gasteiger partial charge < -0.3 is 15.0 Å². The second-order valence-electron chi connectivity index (χ2n) is 6.00. The molecular formula is C14H24N2O3. The number of hydrogen-bond donors (Lipinski definition) is 1. The van der Waals surface area contributed by atoms with Crippen molar-refractivity contribution in [3.63, 3.8) is 0 Å². The molecule has 0 radical (unpaired) electrons. The van der Waals surface area contributed by atoms with Crippen LogP contribution in [0.5, 0.6) is 0 Å². The first kappa shape index (κ1) is 14.3. The van der Waals surface area contributed by atoms with Gasteiger partial charge in [0.25, 0.3) is 0 Å². The molecule has 2 rings (SSSR count). The second kappa shape index (κ2) is 5.90. The number of nitrogens with one attached hydrogen (secondary N) is 1. The molecule has 1 N–H and O–H groups in total. The average molecular weight is 268 g/mol. The van der Waals surface area contributed by atoms with Crippen molar-refractivity contribution in [2.45, 2.75) is 58.2 Å². The molecule has 0 aliphatic carbocycles. The maximum absolute atomic E-state index is 12.3. The molecule has 5 nitrogen and oxygen atoms in total. The van der Waals surface area contributed by atoms with E-state index in [1.807, 2.05) is 0 Å². The van der Waals surface area contributed by atoms with Gasteiger partial charge in [0.05, 0.1) is 6.10 Å². The number of nitrogens with zero attached hydrogens (tertiary/aromatic N) is 1. The Morgan fingerprint density at radius 1 is 1.42 bits per heavy atom. The summed E-state index contributed by atoms with van der Waals surface area (Å²) in [6.07, 6.45) is 2.82. The van der Waals surface area contributed by atoms with Crippen molar-refractivity contribution in [3.05, 3.63) is 0 Å². The van der Waals surface area contributed by atoms with Crippen LogP contribution in [0, 0.1) is 5.92 Å². The van der Waals surface area contributed by atoms with Crippen molar-refractivity contribution in [2.75, 3.05) is 13.2 Å². The van der Waals surface area contributed by atoms with Crippen LogP contribution >= 0.6 is 0 Å². The minimum Gasteiger partial charge on any atom is -0.376 e. The maximum atomic E-state index is 12.3. The number of carbonyl (C=O) groups is 2. The zero-order valence-corrected chi connectivity index (χ0v) is 12.0. The van der Waals surface area contributed by atoms with Crippen molar-refractivity contribution < 1.29 is 14.3 Å². The lowest BCUT2D eigenvalue weighted by molar-refractivity contribution is -0.151. The number of piperazine rings is 1. The molecule has 3 atom stereocenters. The van der Waals surface area contributed by atoms with Gasteiger partial charge in [-0.1, -0.05) is 13.8 Å². The molecule has 2 aliphatic rings. The number of ether oxygens (including phenoxy) is 1. The fraction of sp³-hybridized carbons (Fsp3) is 0.857. The number of hydrogen-bond acceptors (Lipinski definition) is 3. The summed E-state index contributed by atoms with van der Waals surface area (Å²) >= 11 is 0. The quantitative estimate of drug-likeness (QED) is 0.825. The lowest BCUT2D eigenvalue weighted by Crippen LogP contribution is -2.63. The summed E-state index contributed by atoms with van der Waals surface area (Å²) in [7, 11) is 0. The summed E-state index contributed by atoms with van der Waals surface area (Å²) in [6, 6.07) is -0.759. The van der Waals surface area contributed by atoms with E-state index in [0.717, 1.165) is 19.4 Å². The molecule has 0 bridgehead atoms. The van der Waals surface area contributed by atoms with Crippen LogP contribution in [0.2, 0.25) is 0 Å². The van der Waals surface area contributed by atoms with E-state index < -0.39 is 6.04 Å². The molecule has 2 amide bonds. The third kappa shape index (κ3) is 3.26. The monoisotopic (exact) mass is 268 g/mol. The Morgan fingerprint density at radius 2 is 2.16 bits per heavy atom. The number of carbonyl (C=O) groups excluding carboxylic acids is 2. The van der Waals surface area contributed by atoms with Crippen LogP contribution in [0.15, 0.2) is 0 Å². The first-order valence-electron chi connectivity index (χ1n) is 7.21. The standard InChI is InChI=1S/C14H24N2O3/c1-9(2)7-12-13(17)15-10(3)14(18)16(12)8-11-5-4-6-19-11/h9-12H,4-8H2,1-3H3,(H,15,17). The Morgan fingerprint density at radius 3 is 2.74 bits per heavy atom. The van der Waals surface area contributed by atoms with Crippen LogP contribution in [-0.4, -0.2) is 48.1 Å². The van der Waals surface area contributed by atoms with E-state index in [9.17, 15) is 9.59 Å². The number of rotatable bonds is 4. The van der Waals surface area contributed by atoms with Gasteiger partial charge in [0.2, 0.25) is 11.8 Å². The summed E-state index contributed by atoms with van der Waals surface area (Å²) in [5, 5.41) is 2.77. The normalized spacial score (nSPS) is 32.0. The largest absolute Gasteiger partial charge is 0.376 e. The highest BCUT2D eigenvalue weighted by Gasteiger charge is 2.40. The van der Waals surface area contributed by atoms with Crippen molar-refractivity contribution in [2.24, 2.45) is 5.92 Å². The van der Waals surface area contributed by atoms with E-state index in [1.54, 1.807) is 11.8 Å². The molecule has 0 aromatic rings. The highest BCUT2D eigenvalue weighted by Crippen LogP contribution is 2.21. The predicted octanol–water partition coefficient (Wildman–Crippen LogP) is 0.927. The Hall–Kier alpha value is -1.10. The average Bonchev–Trinajstić information content (AvgIpc) is 2.83. The van der Waals surface area contributed by atoms with Crippen molar-refractivity contribution >= 4 is 11.8 Å². The fourth-order valence-corrected chi connectivity index (χ4v) is 2.82. The Kier molecular flexibility index (Phi) is 4.45. The predicted molar refractivity (Wildman–Crippen MR) is 71.5 cm³/mol. The van der Waals surface area contributed by atoms with Crippen molar-refractivity contribution in [1.29, 1.82) is 0 Å². The first-order valence-corrected chi connectivity index (χ1v) is 7.21. The van der Waals surface area contributed by atoms with Gasteiger partial charge in [-0.2, -0.15) is 0 Å². The Labute approximate surface area is 114 Å². The molecule has 3 unspecified atom stereocenters. The van der Waals surface area contributed by atoms with Crippen molar-refractivity contribution in [3.8, 4) is 0 Å². The molecule has 2 saturated heterocycles. The van der Waals surface area contributed by atoms with Crippen LogP contribution in [0.4, 0.5) is 0 Å². The van der Waals surface area contributed by atoms with Gasteiger partial charge in [-0.15, -0.1) is 0 Å². The molecule has 0 aromatic carbocycles. The summed E-state index contributed by atoms with van der Waals surface area (Å²) in [5.74, 6) is 0.364. The molecule has 108 valence electrons. The Bertz CT molecular complexity index is 351. The minimum atomic E-state index is -0.419. The van der Waals surface area contributed by atoms with E-state index in [0.29, 0.717) is 18.9 Å².